The van der Waals surface area contributed by atoms with E-state index in [0.29, 0.717) is 57.5 Å². The predicted molar refractivity (Wildman–Crippen MR) is 272 cm³/mol. The molecule has 1 N–H and O–H groups in total. The number of nitrogens with zero attached hydrogens (tertiary/aromatic N) is 5. The van der Waals surface area contributed by atoms with Gasteiger partial charge in [-0.05, 0) is 103 Å². The van der Waals surface area contributed by atoms with Crippen molar-refractivity contribution in [2.45, 2.75) is 117 Å². The molecule has 14 heteroatoms. The van der Waals surface area contributed by atoms with E-state index in [9.17, 15) is 4.79 Å². The number of allylic oxidation sites excluding steroid dienone is 2. The molecule has 0 spiro atoms. The second-order valence-corrected chi connectivity index (χ2v) is 19.4. The smallest absolute Gasteiger partial charge is 0.657 e. The third kappa shape index (κ3) is 8.90. The second kappa shape index (κ2) is 20.7. The first-order valence-electron chi connectivity index (χ1n) is 24.1. The van der Waals surface area contributed by atoms with Crippen molar-refractivity contribution in [3.63, 3.8) is 0 Å². The number of hydrogen-bond donors (Lipinski definition) is 1. The van der Waals surface area contributed by atoms with Crippen LogP contribution in [0.2, 0.25) is 0 Å². The largest absolute Gasteiger partial charge is 2.00 e. The van der Waals surface area contributed by atoms with E-state index in [-0.39, 0.29) is 28.5 Å². The van der Waals surface area contributed by atoms with E-state index in [0.717, 1.165) is 88.0 Å². The van der Waals surface area contributed by atoms with Crippen molar-refractivity contribution in [3.8, 4) is 0 Å². The molecule has 1 radical (unpaired) electrons. The van der Waals surface area contributed by atoms with Crippen molar-refractivity contribution in [2.24, 2.45) is 0 Å². The molecule has 12 nitrogen and oxygen atoms in total. The minimum Gasteiger partial charge on any atom is -0.657 e. The summed E-state index contributed by atoms with van der Waals surface area (Å²) in [6, 6.07) is 12.5. The maximum Gasteiger partial charge on any atom is 2.00 e. The van der Waals surface area contributed by atoms with Gasteiger partial charge in [0.15, 0.2) is 11.6 Å². The van der Waals surface area contributed by atoms with Gasteiger partial charge in [-0.3, -0.25) is 4.98 Å². The third-order valence-electron chi connectivity index (χ3n) is 14.0. The van der Waals surface area contributed by atoms with Gasteiger partial charge in [0.05, 0.1) is 40.9 Å². The minimum absolute atomic E-state index is 0. The first kappa shape index (κ1) is 51.1. The molecule has 1 aromatic carbocycles. The minimum atomic E-state index is -4.28. The Morgan fingerprint density at radius 2 is 1.39 bits per heavy atom. The molecule has 7 heterocycles. The van der Waals surface area contributed by atoms with Crippen molar-refractivity contribution in [2.75, 3.05) is 27.7 Å². The molecule has 0 atom stereocenters. The number of furan rings is 1. The number of ether oxygens (including phenoxy) is 1. The summed E-state index contributed by atoms with van der Waals surface area (Å²) >= 11 is 0. The summed E-state index contributed by atoms with van der Waals surface area (Å²) in [4.78, 5) is 34.3. The Morgan fingerprint density at radius 3 is 1.93 bits per heavy atom. The monoisotopic (exact) mass is 998 g/mol. The van der Waals surface area contributed by atoms with E-state index in [1.165, 1.54) is 54.2 Å². The standard InChI is InChI=1S/C55H63N6O6S.Cu/c1-12-34-35(13-2)46-27-48-37(15-4)39(17-6)52(59-48)43(29-61(9)10)54-55(18-7,19-8)44-25-33(24-41(53(44)60-54)51-38(16-5)36(14-3)47(58-51)26-45(34)57-46)68(63,64)56-28-42(32-20-21-50(62)67-30-32)40-22-23-66-49(40)31-65-11;/h20-27,29-31,56H,12-19,28H2,1-11H3;/q-1;+2/b42-40-,49-31-;. The Morgan fingerprint density at radius 1 is 0.783 bits per heavy atom. The predicted octanol–water partition coefficient (Wildman–Crippen LogP) is 8.61. The van der Waals surface area contributed by atoms with Gasteiger partial charge in [0.25, 0.3) is 0 Å². The summed E-state index contributed by atoms with van der Waals surface area (Å²) in [7, 11) is 1.27. The Bertz CT molecular complexity index is 3490. The summed E-state index contributed by atoms with van der Waals surface area (Å²) in [5.41, 5.74) is 15.6. The number of nitrogens with one attached hydrogen (secondary N) is 1. The van der Waals surface area contributed by atoms with E-state index < -0.39 is 21.1 Å². The normalized spacial score (nSPS) is 14.2. The van der Waals surface area contributed by atoms with E-state index >= 15 is 8.42 Å². The van der Waals surface area contributed by atoms with Crippen LogP contribution in [0.1, 0.15) is 137 Å². The van der Waals surface area contributed by atoms with Crippen LogP contribution in [0, 0.1) is 0 Å². The molecular weight excluding hydrogens is 936 g/mol. The van der Waals surface area contributed by atoms with Crippen molar-refractivity contribution < 1.29 is 43.6 Å². The molecule has 2 aliphatic heterocycles. The fourth-order valence-electron chi connectivity index (χ4n) is 10.7. The molecular formula is C55H63CuN6O6S+. The molecule has 365 valence electrons. The van der Waals surface area contributed by atoms with Gasteiger partial charge in [-0.15, -0.1) is 22.1 Å². The Hall–Kier alpha value is -5.79. The zero-order valence-electron chi connectivity index (χ0n) is 41.6. The summed E-state index contributed by atoms with van der Waals surface area (Å²) in [6.45, 7) is 17.2. The van der Waals surface area contributed by atoms with Crippen LogP contribution >= 0.6 is 0 Å². The molecule has 8 rings (SSSR count). The number of fused-ring (bicyclic) bond motifs is 8. The number of aromatic nitrogens is 4. The number of methoxy groups -OCH3 is 1. The summed E-state index contributed by atoms with van der Waals surface area (Å²) < 4.78 is 51.6. The third-order valence-corrected chi connectivity index (χ3v) is 15.3. The molecule has 0 fully saturated rings. The zero-order chi connectivity index (χ0) is 48.7. The first-order valence-corrected chi connectivity index (χ1v) is 25.5. The van der Waals surface area contributed by atoms with Crippen LogP contribution in [-0.2, 0) is 62.9 Å². The van der Waals surface area contributed by atoms with E-state index in [4.69, 9.17) is 33.5 Å². The zero-order valence-corrected chi connectivity index (χ0v) is 43.4. The topological polar surface area (TPSA) is 156 Å². The van der Waals surface area contributed by atoms with Gasteiger partial charge in [-0.2, -0.15) is 0 Å². The second-order valence-electron chi connectivity index (χ2n) is 17.7. The van der Waals surface area contributed by atoms with Crippen LogP contribution in [0.25, 0.3) is 56.0 Å². The van der Waals surface area contributed by atoms with E-state index in [1.807, 2.05) is 20.2 Å². The number of benzene rings is 1. The van der Waals surface area contributed by atoms with Gasteiger partial charge in [0.2, 0.25) is 10.0 Å². The maximum absolute atomic E-state index is 15.2. The van der Waals surface area contributed by atoms with Crippen molar-refractivity contribution >= 4 is 72.2 Å². The Kier molecular flexibility index (Phi) is 15.3. The molecule has 69 heavy (non-hydrogen) atoms. The average molecular weight is 1000 g/mol. The molecule has 0 amide bonds. The maximum atomic E-state index is 15.2. The summed E-state index contributed by atoms with van der Waals surface area (Å²) in [5.74, 6) is 0. The van der Waals surface area contributed by atoms with Gasteiger partial charge in [0, 0.05) is 34.4 Å². The number of hydrogen-bond acceptors (Lipinski definition) is 8. The molecule has 6 aromatic rings. The average Bonchev–Trinajstić information content (AvgIpc) is 4.16. The van der Waals surface area contributed by atoms with Crippen LogP contribution in [0.4, 0.5) is 0 Å². The molecule has 0 aliphatic carbocycles. The molecule has 2 aliphatic rings. The van der Waals surface area contributed by atoms with Crippen LogP contribution in [0.3, 0.4) is 0 Å². The van der Waals surface area contributed by atoms with Gasteiger partial charge < -0.3 is 23.5 Å². The van der Waals surface area contributed by atoms with Crippen LogP contribution in [-0.4, -0.2) is 56.9 Å². The first-order chi connectivity index (χ1) is 32.8. The van der Waals surface area contributed by atoms with Crippen molar-refractivity contribution in [1.29, 1.82) is 0 Å². The molecule has 8 bridgehead atoms. The van der Waals surface area contributed by atoms with Gasteiger partial charge in [-0.1, -0.05) is 89.8 Å². The summed E-state index contributed by atoms with van der Waals surface area (Å²) in [5, 5.41) is 1.23. The quantitative estimate of drug-likeness (QED) is 0.0601. The van der Waals surface area contributed by atoms with Crippen LogP contribution in [0.15, 0.2) is 73.5 Å². The Labute approximate surface area is 415 Å². The van der Waals surface area contributed by atoms with E-state index in [2.05, 4.69) is 83.0 Å². The number of aryl methyl sites for hydroxylation is 4. The van der Waals surface area contributed by atoms with Crippen molar-refractivity contribution in [3.05, 3.63) is 132 Å². The molecule has 0 unspecified atom stereocenters. The summed E-state index contributed by atoms with van der Waals surface area (Å²) in [6.07, 6.45) is 12.3. The van der Waals surface area contributed by atoms with Gasteiger partial charge >= 0.3 is 22.7 Å². The molecule has 5 aromatic heterocycles. The van der Waals surface area contributed by atoms with Gasteiger partial charge in [0.1, 0.15) is 26.6 Å². The van der Waals surface area contributed by atoms with Crippen molar-refractivity contribution in [1.82, 2.24) is 24.7 Å². The molecule has 0 saturated carbocycles. The SMILES string of the molecule is CCC1=C(CC)c2cc3[n-]c(c(CC)c3CC)c3cc(S(=O)(=O)NC/C(c4ccc(=O)oc4)=c4\cco\c4=C/OC)cc4c3nc(c(C=[N+](C)C)c3[n-]c(cc1n2)c(CC)c3CC)C4(CC)CC.[Cu+2]. The number of rotatable bonds is 15. The van der Waals surface area contributed by atoms with Crippen LogP contribution in [0.5, 0.6) is 0 Å². The fourth-order valence-corrected chi connectivity index (χ4v) is 11.7. The fraction of sp³-hybridized carbons (Fsp3) is 0.382. The van der Waals surface area contributed by atoms with E-state index in [1.54, 1.807) is 18.2 Å². The number of sulfonamides is 1. The molecule has 0 saturated heterocycles. The Balaban J connectivity index is 0.00000703. The van der Waals surface area contributed by atoms with Gasteiger partial charge in [-0.25, -0.2) is 27.5 Å². The van der Waals surface area contributed by atoms with Crippen LogP contribution < -0.4 is 30.9 Å².